The van der Waals surface area contributed by atoms with Gasteiger partial charge in [-0.05, 0) is 46.2 Å². The third-order valence-corrected chi connectivity index (χ3v) is 4.74. The molecule has 0 spiro atoms. The lowest BCUT2D eigenvalue weighted by Gasteiger charge is -2.27. The molecule has 2 atom stereocenters. The monoisotopic (exact) mass is 359 g/mol. The van der Waals surface area contributed by atoms with Gasteiger partial charge in [0.15, 0.2) is 0 Å². The molecule has 0 N–H and O–H groups in total. The Hall–Kier alpha value is -1.13. The molecule has 0 aliphatic carbocycles. The molecule has 1 fully saturated rings. The molecule has 1 saturated heterocycles. The van der Waals surface area contributed by atoms with Gasteiger partial charge in [-0.3, -0.25) is 0 Å². The van der Waals surface area contributed by atoms with E-state index in [-0.39, 0.29) is 18.1 Å². The Balaban J connectivity index is 2.25. The minimum atomic E-state index is -0.514. The van der Waals surface area contributed by atoms with Crippen molar-refractivity contribution >= 4 is 29.3 Å². The lowest BCUT2D eigenvalue weighted by atomic mass is 9.95. The van der Waals surface area contributed by atoms with Crippen molar-refractivity contribution in [1.82, 2.24) is 4.90 Å². The first-order chi connectivity index (χ1) is 10.6. The highest BCUT2D eigenvalue weighted by atomic mass is 35.5. The normalized spacial score (nSPS) is 21.4. The number of carbonyl (C=O) groups excluding carboxylic acids is 1. The summed E-state index contributed by atoms with van der Waals surface area (Å²) < 4.78 is 10.9. The van der Waals surface area contributed by atoms with E-state index in [0.29, 0.717) is 22.3 Å². The first-order valence-corrected chi connectivity index (χ1v) is 8.41. The highest BCUT2D eigenvalue weighted by Gasteiger charge is 2.37. The van der Waals surface area contributed by atoms with Crippen molar-refractivity contribution in [2.24, 2.45) is 0 Å². The van der Waals surface area contributed by atoms with Crippen LogP contribution < -0.4 is 4.74 Å². The number of nitrogens with zero attached hydrogens (tertiary/aromatic N) is 1. The van der Waals surface area contributed by atoms with Crippen molar-refractivity contribution in [2.75, 3.05) is 13.7 Å². The molecular formula is C17H23Cl2NO3. The lowest BCUT2D eigenvalue weighted by Crippen LogP contribution is -2.38. The first kappa shape index (κ1) is 18.2. The first-order valence-electron chi connectivity index (χ1n) is 7.65. The topological polar surface area (TPSA) is 38.8 Å². The van der Waals surface area contributed by atoms with E-state index in [0.717, 1.165) is 12.0 Å². The molecular weight excluding hydrogens is 337 g/mol. The van der Waals surface area contributed by atoms with Gasteiger partial charge in [-0.2, -0.15) is 0 Å². The molecule has 0 saturated carbocycles. The second-order valence-electron chi connectivity index (χ2n) is 6.89. The zero-order valence-corrected chi connectivity index (χ0v) is 15.7. The van der Waals surface area contributed by atoms with Crippen molar-refractivity contribution in [1.29, 1.82) is 0 Å². The maximum absolute atomic E-state index is 12.4. The minimum absolute atomic E-state index is 0.0644. The van der Waals surface area contributed by atoms with E-state index < -0.39 is 5.60 Å². The highest BCUT2D eigenvalue weighted by Crippen LogP contribution is 2.43. The van der Waals surface area contributed by atoms with E-state index in [1.807, 2.05) is 33.8 Å². The summed E-state index contributed by atoms with van der Waals surface area (Å²) in [6, 6.07) is 3.59. The summed E-state index contributed by atoms with van der Waals surface area (Å²) in [4.78, 5) is 14.1. The number of benzene rings is 1. The van der Waals surface area contributed by atoms with Crippen LogP contribution in [0.4, 0.5) is 4.79 Å². The van der Waals surface area contributed by atoms with Crippen LogP contribution in [-0.4, -0.2) is 36.3 Å². The largest absolute Gasteiger partial charge is 0.496 e. The van der Waals surface area contributed by atoms with Crippen LogP contribution in [0.3, 0.4) is 0 Å². The van der Waals surface area contributed by atoms with E-state index >= 15 is 0 Å². The summed E-state index contributed by atoms with van der Waals surface area (Å²) in [5, 5.41) is 0.986. The van der Waals surface area contributed by atoms with Crippen molar-refractivity contribution in [2.45, 2.75) is 51.7 Å². The Kier molecular flexibility index (Phi) is 5.37. The number of rotatable bonds is 2. The smallest absolute Gasteiger partial charge is 0.410 e. The maximum Gasteiger partial charge on any atom is 0.410 e. The zero-order valence-electron chi connectivity index (χ0n) is 14.2. The quantitative estimate of drug-likeness (QED) is 0.735. The van der Waals surface area contributed by atoms with Crippen molar-refractivity contribution < 1.29 is 14.3 Å². The van der Waals surface area contributed by atoms with Crippen LogP contribution in [0.15, 0.2) is 12.1 Å². The number of methoxy groups -OCH3 is 1. The fourth-order valence-corrected chi connectivity index (χ4v) is 3.40. The van der Waals surface area contributed by atoms with Crippen LogP contribution in [0, 0.1) is 0 Å². The highest BCUT2D eigenvalue weighted by molar-refractivity contribution is 6.42. The summed E-state index contributed by atoms with van der Waals surface area (Å²) in [5.41, 5.74) is 0.347. The molecule has 1 aliphatic rings. The van der Waals surface area contributed by atoms with Crippen LogP contribution in [0.5, 0.6) is 5.75 Å². The number of hydrogen-bond acceptors (Lipinski definition) is 3. The molecule has 2 rings (SSSR count). The number of carbonyl (C=O) groups is 1. The Morgan fingerprint density at radius 1 is 1.30 bits per heavy atom. The van der Waals surface area contributed by atoms with Crippen LogP contribution in [0.25, 0.3) is 0 Å². The molecule has 6 heteroatoms. The number of likely N-dealkylation sites (tertiary alicyclic amines) is 1. The van der Waals surface area contributed by atoms with Crippen molar-refractivity contribution in [3.8, 4) is 5.75 Å². The predicted octanol–water partition coefficient (Wildman–Crippen LogP) is 5.11. The Morgan fingerprint density at radius 2 is 1.96 bits per heavy atom. The lowest BCUT2D eigenvalue weighted by molar-refractivity contribution is 0.0237. The second-order valence-corrected chi connectivity index (χ2v) is 7.68. The Morgan fingerprint density at radius 3 is 2.52 bits per heavy atom. The summed E-state index contributed by atoms with van der Waals surface area (Å²) in [7, 11) is 1.60. The minimum Gasteiger partial charge on any atom is -0.496 e. The fraction of sp³-hybridized carbons (Fsp3) is 0.588. The molecule has 1 aromatic rings. The molecule has 0 aromatic heterocycles. The third-order valence-electron chi connectivity index (χ3n) is 3.92. The molecule has 0 bridgehead atoms. The Bertz CT molecular complexity index is 598. The second kappa shape index (κ2) is 6.78. The third kappa shape index (κ3) is 4.04. The van der Waals surface area contributed by atoms with E-state index in [4.69, 9.17) is 32.7 Å². The van der Waals surface area contributed by atoms with Gasteiger partial charge in [-0.1, -0.05) is 23.2 Å². The van der Waals surface area contributed by atoms with Gasteiger partial charge in [0.2, 0.25) is 0 Å². The fourth-order valence-electron chi connectivity index (χ4n) is 2.92. The number of halogens is 2. The summed E-state index contributed by atoms with van der Waals surface area (Å²) >= 11 is 12.5. The molecule has 4 nitrogen and oxygen atoms in total. The molecule has 1 aromatic carbocycles. The van der Waals surface area contributed by atoms with Gasteiger partial charge in [-0.25, -0.2) is 4.79 Å². The van der Waals surface area contributed by atoms with Gasteiger partial charge in [0.25, 0.3) is 0 Å². The molecule has 0 radical (unpaired) electrons. The van der Waals surface area contributed by atoms with E-state index in [1.165, 1.54) is 0 Å². The molecule has 0 unspecified atom stereocenters. The van der Waals surface area contributed by atoms with Gasteiger partial charge in [0.1, 0.15) is 11.4 Å². The van der Waals surface area contributed by atoms with Crippen LogP contribution in [-0.2, 0) is 4.74 Å². The number of amides is 1. The average molecular weight is 360 g/mol. The van der Waals surface area contributed by atoms with Crippen molar-refractivity contribution in [3.05, 3.63) is 27.7 Å². The molecule has 23 heavy (non-hydrogen) atoms. The standard InChI is InChI=1S/C17H23Cl2NO3/c1-10-8-11(9-20(10)16(21)23-17(2,3)4)14-13(22-5)7-6-12(18)15(14)19/h6-7,10-11H,8-9H2,1-5H3/t10-,11+/m1/s1. The SMILES string of the molecule is COc1ccc(Cl)c(Cl)c1[C@H]1C[C@@H](C)N(C(=O)OC(C)(C)C)C1. The molecule has 1 amide bonds. The molecule has 1 aliphatic heterocycles. The van der Waals surface area contributed by atoms with Gasteiger partial charge < -0.3 is 14.4 Å². The van der Waals surface area contributed by atoms with E-state index in [9.17, 15) is 4.79 Å². The predicted molar refractivity (Wildman–Crippen MR) is 92.8 cm³/mol. The van der Waals surface area contributed by atoms with Crippen LogP contribution in [0.2, 0.25) is 10.0 Å². The molecule has 1 heterocycles. The van der Waals surface area contributed by atoms with Crippen LogP contribution >= 0.6 is 23.2 Å². The summed E-state index contributed by atoms with van der Waals surface area (Å²) in [6.07, 6.45) is 0.486. The average Bonchev–Trinajstić information content (AvgIpc) is 2.81. The van der Waals surface area contributed by atoms with E-state index in [1.54, 1.807) is 18.1 Å². The van der Waals surface area contributed by atoms with Gasteiger partial charge >= 0.3 is 6.09 Å². The number of ether oxygens (including phenoxy) is 2. The Labute approximate surface area is 147 Å². The zero-order chi connectivity index (χ0) is 17.4. The number of hydrogen-bond donors (Lipinski definition) is 0. The van der Waals surface area contributed by atoms with Gasteiger partial charge in [0.05, 0.1) is 17.2 Å². The summed E-state index contributed by atoms with van der Waals surface area (Å²) in [6.45, 7) is 8.13. The van der Waals surface area contributed by atoms with Crippen molar-refractivity contribution in [3.63, 3.8) is 0 Å². The van der Waals surface area contributed by atoms with Gasteiger partial charge in [0, 0.05) is 24.1 Å². The molecule has 128 valence electrons. The van der Waals surface area contributed by atoms with Crippen LogP contribution in [0.1, 0.15) is 45.6 Å². The van der Waals surface area contributed by atoms with E-state index in [2.05, 4.69) is 0 Å². The maximum atomic E-state index is 12.4. The van der Waals surface area contributed by atoms with Gasteiger partial charge in [-0.15, -0.1) is 0 Å². The summed E-state index contributed by atoms with van der Waals surface area (Å²) in [5.74, 6) is 0.765.